The van der Waals surface area contributed by atoms with Crippen molar-refractivity contribution in [3.63, 3.8) is 0 Å². The van der Waals surface area contributed by atoms with Crippen LogP contribution < -0.4 is 5.32 Å². The van der Waals surface area contributed by atoms with Crippen molar-refractivity contribution in [1.82, 2.24) is 5.32 Å². The largest absolute Gasteiger partial charge is 0.301 e. The molecule has 0 unspecified atom stereocenters. The van der Waals surface area contributed by atoms with E-state index in [1.54, 1.807) is 31.3 Å². The van der Waals surface area contributed by atoms with Crippen LogP contribution in [0.3, 0.4) is 0 Å². The highest BCUT2D eigenvalue weighted by Crippen LogP contribution is 2.31. The number of carbonyl (C=O) groups excluding carboxylic acids is 2. The normalized spacial score (nSPS) is 18.0. The lowest BCUT2D eigenvalue weighted by atomic mass is 9.90. The second kappa shape index (κ2) is 3.28. The summed E-state index contributed by atoms with van der Waals surface area (Å²) in [6.45, 7) is 1.85. The molecule has 15 heavy (non-hydrogen) atoms. The number of ketones is 2. The van der Waals surface area contributed by atoms with Crippen molar-refractivity contribution in [3.05, 3.63) is 35.4 Å². The second-order valence-electron chi connectivity index (χ2n) is 3.71. The van der Waals surface area contributed by atoms with Crippen molar-refractivity contribution in [2.75, 3.05) is 7.05 Å². The summed E-state index contributed by atoms with van der Waals surface area (Å²) in [5, 5.41) is 2.87. The molecule has 1 aliphatic carbocycles. The summed E-state index contributed by atoms with van der Waals surface area (Å²) in [6.07, 6.45) is 0.482. The molecule has 1 aliphatic rings. The molecule has 0 spiro atoms. The van der Waals surface area contributed by atoms with Crippen molar-refractivity contribution >= 4 is 11.6 Å². The number of rotatable bonds is 2. The average Bonchev–Trinajstić information content (AvgIpc) is 2.51. The van der Waals surface area contributed by atoms with Crippen LogP contribution in [0.15, 0.2) is 24.3 Å². The third kappa shape index (κ3) is 1.10. The Bertz CT molecular complexity index is 396. The molecule has 0 saturated carbocycles. The molecule has 0 heterocycles. The molecule has 0 aromatic heterocycles. The number of carbonyl (C=O) groups is 2. The van der Waals surface area contributed by atoms with Crippen molar-refractivity contribution in [2.24, 2.45) is 0 Å². The molecular weight excluding hydrogens is 190 g/mol. The van der Waals surface area contributed by atoms with E-state index in [4.69, 9.17) is 0 Å². The van der Waals surface area contributed by atoms with Crippen LogP contribution in [0.1, 0.15) is 34.1 Å². The molecule has 1 aromatic rings. The molecule has 0 saturated heterocycles. The first-order valence-corrected chi connectivity index (χ1v) is 5.05. The van der Waals surface area contributed by atoms with Crippen LogP contribution in [0.25, 0.3) is 0 Å². The van der Waals surface area contributed by atoms with Gasteiger partial charge in [0.15, 0.2) is 11.6 Å². The van der Waals surface area contributed by atoms with E-state index in [-0.39, 0.29) is 11.6 Å². The minimum absolute atomic E-state index is 0.104. The number of benzene rings is 1. The fourth-order valence-electron chi connectivity index (χ4n) is 2.17. The van der Waals surface area contributed by atoms with Crippen molar-refractivity contribution in [2.45, 2.75) is 18.9 Å². The van der Waals surface area contributed by atoms with Gasteiger partial charge in [-0.05, 0) is 13.5 Å². The topological polar surface area (TPSA) is 46.2 Å². The minimum atomic E-state index is -1.02. The van der Waals surface area contributed by atoms with Crippen LogP contribution in [0.4, 0.5) is 0 Å². The van der Waals surface area contributed by atoms with E-state index >= 15 is 0 Å². The highest BCUT2D eigenvalue weighted by atomic mass is 16.2. The van der Waals surface area contributed by atoms with E-state index in [2.05, 4.69) is 5.32 Å². The van der Waals surface area contributed by atoms with Gasteiger partial charge < -0.3 is 5.32 Å². The number of hydrogen-bond donors (Lipinski definition) is 1. The number of likely N-dealkylation sites (N-methyl/N-ethyl adjacent to an activating group) is 1. The lowest BCUT2D eigenvalue weighted by molar-refractivity contribution is 0.0762. The van der Waals surface area contributed by atoms with Gasteiger partial charge in [0.25, 0.3) is 0 Å². The third-order valence-electron chi connectivity index (χ3n) is 3.15. The summed E-state index contributed by atoms with van der Waals surface area (Å²) >= 11 is 0. The molecule has 1 N–H and O–H groups in total. The Balaban J connectivity index is 2.63. The standard InChI is InChI=1S/C12H13NO2/c1-3-12(13-2)10(14)8-6-4-5-7-9(8)11(12)15/h4-7,13H,3H2,1-2H3. The number of hydrogen-bond acceptors (Lipinski definition) is 3. The Morgan fingerprint density at radius 3 is 1.93 bits per heavy atom. The maximum Gasteiger partial charge on any atom is 0.191 e. The first-order chi connectivity index (χ1) is 7.17. The fraction of sp³-hybridized carbons (Fsp3) is 0.333. The molecule has 3 heteroatoms. The number of fused-ring (bicyclic) bond motifs is 1. The third-order valence-corrected chi connectivity index (χ3v) is 3.15. The van der Waals surface area contributed by atoms with Gasteiger partial charge in [0.05, 0.1) is 0 Å². The van der Waals surface area contributed by atoms with E-state index in [1.165, 1.54) is 0 Å². The van der Waals surface area contributed by atoms with E-state index in [1.807, 2.05) is 6.92 Å². The molecule has 0 atom stereocenters. The number of nitrogens with one attached hydrogen (secondary N) is 1. The van der Waals surface area contributed by atoms with Gasteiger partial charge in [-0.2, -0.15) is 0 Å². The summed E-state index contributed by atoms with van der Waals surface area (Å²) in [6, 6.07) is 6.99. The van der Waals surface area contributed by atoms with Crippen LogP contribution >= 0.6 is 0 Å². The van der Waals surface area contributed by atoms with Crippen LogP contribution in [0.2, 0.25) is 0 Å². The predicted octanol–water partition coefficient (Wildman–Crippen LogP) is 1.43. The zero-order valence-electron chi connectivity index (χ0n) is 8.83. The minimum Gasteiger partial charge on any atom is -0.301 e. The molecule has 2 rings (SSSR count). The number of Topliss-reactive ketones (excluding diaryl/α,β-unsaturated/α-hetero) is 2. The zero-order chi connectivity index (χ0) is 11.1. The lowest BCUT2D eigenvalue weighted by Crippen LogP contribution is -2.52. The quantitative estimate of drug-likeness (QED) is 0.740. The Morgan fingerprint density at radius 2 is 1.60 bits per heavy atom. The van der Waals surface area contributed by atoms with Crippen molar-refractivity contribution in [1.29, 1.82) is 0 Å². The van der Waals surface area contributed by atoms with Gasteiger partial charge in [-0.15, -0.1) is 0 Å². The van der Waals surface area contributed by atoms with Gasteiger partial charge in [-0.25, -0.2) is 0 Å². The van der Waals surface area contributed by atoms with E-state index in [0.717, 1.165) is 0 Å². The molecule has 0 fully saturated rings. The summed E-state index contributed by atoms with van der Waals surface area (Å²) < 4.78 is 0. The molecule has 3 nitrogen and oxygen atoms in total. The Hall–Kier alpha value is -1.48. The van der Waals surface area contributed by atoms with Gasteiger partial charge in [-0.3, -0.25) is 9.59 Å². The van der Waals surface area contributed by atoms with Gasteiger partial charge in [0.1, 0.15) is 5.54 Å². The predicted molar refractivity (Wildman–Crippen MR) is 57.2 cm³/mol. The van der Waals surface area contributed by atoms with Crippen LogP contribution in [-0.2, 0) is 0 Å². The summed E-state index contributed by atoms with van der Waals surface area (Å²) in [7, 11) is 1.66. The van der Waals surface area contributed by atoms with Crippen LogP contribution in [0.5, 0.6) is 0 Å². The van der Waals surface area contributed by atoms with Gasteiger partial charge >= 0.3 is 0 Å². The molecule has 0 aliphatic heterocycles. The molecule has 78 valence electrons. The van der Waals surface area contributed by atoms with Crippen LogP contribution in [0, 0.1) is 0 Å². The average molecular weight is 203 g/mol. The molecule has 0 bridgehead atoms. The Morgan fingerprint density at radius 1 is 1.13 bits per heavy atom. The summed E-state index contributed by atoms with van der Waals surface area (Å²) in [5.74, 6) is -0.207. The zero-order valence-corrected chi connectivity index (χ0v) is 8.83. The highest BCUT2D eigenvalue weighted by molar-refractivity contribution is 6.32. The van der Waals surface area contributed by atoms with E-state index in [9.17, 15) is 9.59 Å². The highest BCUT2D eigenvalue weighted by Gasteiger charge is 2.50. The van der Waals surface area contributed by atoms with E-state index in [0.29, 0.717) is 17.5 Å². The Labute approximate surface area is 88.5 Å². The van der Waals surface area contributed by atoms with Crippen molar-refractivity contribution in [3.8, 4) is 0 Å². The Kier molecular flexibility index (Phi) is 2.20. The molecular formula is C12H13NO2. The molecule has 0 radical (unpaired) electrons. The van der Waals surface area contributed by atoms with Crippen LogP contribution in [-0.4, -0.2) is 24.2 Å². The first-order valence-electron chi connectivity index (χ1n) is 5.05. The molecule has 0 amide bonds. The lowest BCUT2D eigenvalue weighted by Gasteiger charge is -2.22. The smallest absolute Gasteiger partial charge is 0.191 e. The maximum atomic E-state index is 12.1. The fourth-order valence-corrected chi connectivity index (χ4v) is 2.17. The second-order valence-corrected chi connectivity index (χ2v) is 3.71. The van der Waals surface area contributed by atoms with Gasteiger partial charge in [0.2, 0.25) is 0 Å². The monoisotopic (exact) mass is 203 g/mol. The summed E-state index contributed by atoms with van der Waals surface area (Å²) in [5.41, 5.74) is 0.0568. The maximum absolute atomic E-state index is 12.1. The van der Waals surface area contributed by atoms with E-state index < -0.39 is 5.54 Å². The van der Waals surface area contributed by atoms with Gasteiger partial charge in [0, 0.05) is 11.1 Å². The SMILES string of the molecule is CCC1(NC)C(=O)c2ccccc2C1=O. The molecule has 1 aromatic carbocycles. The van der Waals surface area contributed by atoms with Crippen molar-refractivity contribution < 1.29 is 9.59 Å². The summed E-state index contributed by atoms with van der Waals surface area (Å²) in [4.78, 5) is 24.2. The first kappa shape index (κ1) is 10.1. The van der Waals surface area contributed by atoms with Gasteiger partial charge in [-0.1, -0.05) is 31.2 Å².